The molecule has 1 saturated heterocycles. The molecule has 28 heavy (non-hydrogen) atoms. The molecule has 1 heterocycles. The molecule has 0 bridgehead atoms. The Morgan fingerprint density at radius 3 is 2.68 bits per heavy atom. The first-order chi connectivity index (χ1) is 13.3. The van der Waals surface area contributed by atoms with Crippen LogP contribution in [0.2, 0.25) is 0 Å². The topological polar surface area (TPSA) is 86.7 Å². The number of nitrogens with zero attached hydrogens (tertiary/aromatic N) is 1. The molecular weight excluding hydrogens is 464 g/mol. The van der Waals surface area contributed by atoms with Gasteiger partial charge in [-0.25, -0.2) is 4.79 Å². The molecule has 2 aromatic rings. The van der Waals surface area contributed by atoms with Crippen LogP contribution in [-0.4, -0.2) is 38.7 Å². The van der Waals surface area contributed by atoms with Gasteiger partial charge in [-0.2, -0.15) is 0 Å². The summed E-state index contributed by atoms with van der Waals surface area (Å²) in [5.41, 5.74) is 0.959. The number of carboxylic acids is 1. The van der Waals surface area contributed by atoms with Gasteiger partial charge in [0.05, 0.1) is 16.2 Å². The number of halogens is 1. The highest BCUT2D eigenvalue weighted by Gasteiger charge is 2.33. The molecule has 1 aliphatic rings. The fourth-order valence-electron chi connectivity index (χ4n) is 2.50. The monoisotopic (exact) mass is 476 g/mol. The second kappa shape index (κ2) is 8.68. The number of thiocarbonyl (C=S) groups is 1. The van der Waals surface area contributed by atoms with Gasteiger partial charge in [0.1, 0.15) is 10.9 Å². The quantitative estimate of drug-likeness (QED) is 0.501. The van der Waals surface area contributed by atoms with E-state index in [1.54, 1.807) is 18.2 Å². The Morgan fingerprint density at radius 1 is 1.21 bits per heavy atom. The maximum Gasteiger partial charge on any atom is 0.337 e. The van der Waals surface area contributed by atoms with Crippen LogP contribution in [0.3, 0.4) is 0 Å². The lowest BCUT2D eigenvalue weighted by Gasteiger charge is -2.15. The Balaban J connectivity index is 1.73. The number of hydrogen-bond donors (Lipinski definition) is 2. The minimum atomic E-state index is -1.15. The van der Waals surface area contributed by atoms with Gasteiger partial charge in [0.25, 0.3) is 5.91 Å². The smallest absolute Gasteiger partial charge is 0.337 e. The van der Waals surface area contributed by atoms with Crippen LogP contribution in [0.4, 0.5) is 5.69 Å². The third-order valence-electron chi connectivity index (χ3n) is 3.75. The van der Waals surface area contributed by atoms with Crippen molar-refractivity contribution in [2.24, 2.45) is 0 Å². The summed E-state index contributed by atoms with van der Waals surface area (Å²) >= 11 is 9.73. The molecule has 142 valence electrons. The summed E-state index contributed by atoms with van der Waals surface area (Å²) in [6.07, 6.45) is 1.71. The van der Waals surface area contributed by atoms with Gasteiger partial charge in [0, 0.05) is 4.47 Å². The number of carboxylic acid groups (broad SMARTS) is 1. The van der Waals surface area contributed by atoms with Crippen molar-refractivity contribution >= 4 is 73.8 Å². The third kappa shape index (κ3) is 4.67. The number of benzene rings is 2. The van der Waals surface area contributed by atoms with Crippen molar-refractivity contribution in [1.29, 1.82) is 0 Å². The molecule has 0 aliphatic carbocycles. The highest BCUT2D eigenvalue weighted by molar-refractivity contribution is 9.10. The maximum absolute atomic E-state index is 12.6. The zero-order valence-electron chi connectivity index (χ0n) is 14.2. The number of carbonyl (C=O) groups excluding carboxylic acids is 2. The lowest BCUT2D eigenvalue weighted by molar-refractivity contribution is -0.126. The van der Waals surface area contributed by atoms with E-state index >= 15 is 0 Å². The minimum Gasteiger partial charge on any atom is -0.478 e. The second-order valence-electron chi connectivity index (χ2n) is 5.72. The number of hydrogen-bond acceptors (Lipinski definition) is 5. The molecule has 0 aromatic heterocycles. The van der Waals surface area contributed by atoms with Crippen molar-refractivity contribution < 1.29 is 19.5 Å². The van der Waals surface area contributed by atoms with E-state index in [0.29, 0.717) is 4.91 Å². The first-order valence-electron chi connectivity index (χ1n) is 7.98. The van der Waals surface area contributed by atoms with Crippen LogP contribution in [0.1, 0.15) is 15.9 Å². The highest BCUT2D eigenvalue weighted by Crippen LogP contribution is 2.32. The molecular formula is C19H13BrN2O4S2. The lowest BCUT2D eigenvalue weighted by Crippen LogP contribution is -2.36. The fourth-order valence-corrected chi connectivity index (χ4v) is 4.17. The molecule has 0 radical (unpaired) electrons. The third-order valence-corrected chi connectivity index (χ3v) is 5.62. The Kier molecular flexibility index (Phi) is 6.28. The first kappa shape index (κ1) is 20.2. The summed E-state index contributed by atoms with van der Waals surface area (Å²) in [4.78, 5) is 37.8. The molecule has 2 N–H and O–H groups in total. The van der Waals surface area contributed by atoms with E-state index in [2.05, 4.69) is 21.2 Å². The number of thioether (sulfide) groups is 1. The van der Waals surface area contributed by atoms with E-state index in [9.17, 15) is 19.5 Å². The molecule has 3 rings (SSSR count). The van der Waals surface area contributed by atoms with Gasteiger partial charge in [-0.15, -0.1) is 0 Å². The Bertz CT molecular complexity index is 1020. The van der Waals surface area contributed by atoms with E-state index in [1.165, 1.54) is 17.0 Å². The second-order valence-corrected chi connectivity index (χ2v) is 8.31. The molecule has 0 unspecified atom stereocenters. The van der Waals surface area contributed by atoms with Crippen LogP contribution in [-0.2, 0) is 9.59 Å². The van der Waals surface area contributed by atoms with Crippen molar-refractivity contribution in [3.05, 3.63) is 69.0 Å². The SMILES string of the molecule is O=C(CN1C(=O)/C(=C/c2cccc(Br)c2)SC1=S)Nc1ccccc1C(=O)O. The minimum absolute atomic E-state index is 0.0317. The lowest BCUT2D eigenvalue weighted by atomic mass is 10.2. The predicted octanol–water partition coefficient (Wildman–Crippen LogP) is 3.99. The molecule has 2 amide bonds. The number of carbonyl (C=O) groups is 3. The Morgan fingerprint density at radius 2 is 1.96 bits per heavy atom. The van der Waals surface area contributed by atoms with Gasteiger partial charge in [0.2, 0.25) is 5.91 Å². The molecule has 1 fully saturated rings. The largest absolute Gasteiger partial charge is 0.478 e. The number of amides is 2. The molecule has 9 heteroatoms. The molecule has 2 aromatic carbocycles. The first-order valence-corrected chi connectivity index (χ1v) is 10.00. The van der Waals surface area contributed by atoms with Crippen LogP contribution in [0.15, 0.2) is 57.9 Å². The number of nitrogens with one attached hydrogen (secondary N) is 1. The van der Waals surface area contributed by atoms with Gasteiger partial charge in [0.15, 0.2) is 0 Å². The zero-order valence-corrected chi connectivity index (χ0v) is 17.4. The zero-order chi connectivity index (χ0) is 20.3. The standard InChI is InChI=1S/C19H13BrN2O4S2/c20-12-5-3-4-11(8-12)9-15-17(24)22(19(27)28-15)10-16(23)21-14-7-2-1-6-13(14)18(25)26/h1-9H,10H2,(H,21,23)(H,25,26)/b15-9-. The molecule has 0 saturated carbocycles. The normalized spacial score (nSPS) is 15.2. The highest BCUT2D eigenvalue weighted by atomic mass is 79.9. The van der Waals surface area contributed by atoms with Gasteiger partial charge in [-0.05, 0) is 35.9 Å². The Hall–Kier alpha value is -2.49. The summed E-state index contributed by atoms with van der Waals surface area (Å²) in [6.45, 7) is -0.297. The molecule has 1 aliphatic heterocycles. The van der Waals surface area contributed by atoms with E-state index in [0.717, 1.165) is 21.8 Å². The van der Waals surface area contributed by atoms with Crippen molar-refractivity contribution in [2.45, 2.75) is 0 Å². The molecule has 0 spiro atoms. The Labute approximate surface area is 178 Å². The van der Waals surface area contributed by atoms with Crippen LogP contribution < -0.4 is 5.32 Å². The van der Waals surface area contributed by atoms with Crippen LogP contribution in [0.25, 0.3) is 6.08 Å². The average molecular weight is 477 g/mol. The van der Waals surface area contributed by atoms with E-state index in [1.807, 2.05) is 24.3 Å². The predicted molar refractivity (Wildman–Crippen MR) is 116 cm³/mol. The summed E-state index contributed by atoms with van der Waals surface area (Å²) < 4.78 is 1.15. The van der Waals surface area contributed by atoms with Crippen molar-refractivity contribution in [3.8, 4) is 0 Å². The molecule has 6 nitrogen and oxygen atoms in total. The number of para-hydroxylation sites is 1. The van der Waals surface area contributed by atoms with Gasteiger partial charge < -0.3 is 10.4 Å². The average Bonchev–Trinajstić information content (AvgIpc) is 2.89. The van der Waals surface area contributed by atoms with Gasteiger partial charge in [-0.3, -0.25) is 14.5 Å². The van der Waals surface area contributed by atoms with Crippen molar-refractivity contribution in [1.82, 2.24) is 4.90 Å². The molecule has 0 atom stereocenters. The van der Waals surface area contributed by atoms with Gasteiger partial charge >= 0.3 is 5.97 Å². The van der Waals surface area contributed by atoms with Crippen LogP contribution in [0.5, 0.6) is 0 Å². The number of rotatable bonds is 5. The van der Waals surface area contributed by atoms with Crippen LogP contribution >= 0.6 is 39.9 Å². The van der Waals surface area contributed by atoms with Crippen LogP contribution in [0, 0.1) is 0 Å². The summed E-state index contributed by atoms with van der Waals surface area (Å²) in [5.74, 6) is -2.05. The fraction of sp³-hybridized carbons (Fsp3) is 0.0526. The van der Waals surface area contributed by atoms with Crippen molar-refractivity contribution in [2.75, 3.05) is 11.9 Å². The van der Waals surface area contributed by atoms with E-state index in [-0.39, 0.29) is 28.0 Å². The van der Waals surface area contributed by atoms with Gasteiger partial charge in [-0.1, -0.05) is 64.2 Å². The summed E-state index contributed by atoms with van der Waals surface area (Å²) in [5, 5.41) is 11.7. The number of aromatic carboxylic acids is 1. The van der Waals surface area contributed by atoms with E-state index in [4.69, 9.17) is 12.2 Å². The van der Waals surface area contributed by atoms with E-state index < -0.39 is 11.9 Å². The maximum atomic E-state index is 12.6. The summed E-state index contributed by atoms with van der Waals surface area (Å²) in [6, 6.07) is 13.5. The summed E-state index contributed by atoms with van der Waals surface area (Å²) in [7, 11) is 0. The van der Waals surface area contributed by atoms with Crippen molar-refractivity contribution in [3.63, 3.8) is 0 Å². The number of anilines is 1.